The molecule has 3 rings (SSSR count). The Labute approximate surface area is 131 Å². The minimum Gasteiger partial charge on any atom is -0.339 e. The van der Waals surface area contributed by atoms with Crippen LogP contribution in [0.15, 0.2) is 30.9 Å². The molecule has 0 aromatic carbocycles. The fraction of sp³-hybridized carbons (Fsp3) is 0.562. The molecule has 0 radical (unpaired) electrons. The average Bonchev–Trinajstić information content (AvgIpc) is 2.90. The Morgan fingerprint density at radius 1 is 0.955 bits per heavy atom. The van der Waals surface area contributed by atoms with E-state index in [-0.39, 0.29) is 0 Å². The van der Waals surface area contributed by atoms with E-state index in [0.717, 1.165) is 58.1 Å². The van der Waals surface area contributed by atoms with Gasteiger partial charge in [-0.3, -0.25) is 4.90 Å². The van der Waals surface area contributed by atoms with Crippen LogP contribution in [0.4, 0.5) is 5.95 Å². The largest absolute Gasteiger partial charge is 0.339 e. The third-order valence-electron chi connectivity index (χ3n) is 4.20. The fourth-order valence-electron chi connectivity index (χ4n) is 2.96. The van der Waals surface area contributed by atoms with Crippen LogP contribution in [0, 0.1) is 0 Å². The number of nitrogens with zero attached hydrogens (tertiary/aromatic N) is 6. The van der Waals surface area contributed by atoms with Gasteiger partial charge in [-0.15, -0.1) is 0 Å². The minimum atomic E-state index is 0.854. The van der Waals surface area contributed by atoms with Crippen LogP contribution in [0.25, 0.3) is 0 Å². The van der Waals surface area contributed by atoms with Gasteiger partial charge >= 0.3 is 0 Å². The summed E-state index contributed by atoms with van der Waals surface area (Å²) in [5, 5.41) is 0. The average molecular weight is 300 g/mol. The molecule has 0 aliphatic carbocycles. The van der Waals surface area contributed by atoms with Crippen LogP contribution in [0.2, 0.25) is 0 Å². The van der Waals surface area contributed by atoms with E-state index in [4.69, 9.17) is 0 Å². The Morgan fingerprint density at radius 2 is 1.82 bits per heavy atom. The highest BCUT2D eigenvalue weighted by Gasteiger charge is 2.16. The zero-order chi connectivity index (χ0) is 15.2. The van der Waals surface area contributed by atoms with Crippen molar-refractivity contribution in [1.29, 1.82) is 0 Å². The second kappa shape index (κ2) is 7.35. The quantitative estimate of drug-likeness (QED) is 0.836. The second-order valence-electron chi connectivity index (χ2n) is 5.62. The fourth-order valence-corrected chi connectivity index (χ4v) is 2.96. The zero-order valence-corrected chi connectivity index (χ0v) is 13.2. The molecular weight excluding hydrogens is 276 g/mol. The van der Waals surface area contributed by atoms with Crippen molar-refractivity contribution in [2.75, 3.05) is 37.6 Å². The number of aryl methyl sites for hydroxylation is 1. The van der Waals surface area contributed by atoms with E-state index in [1.165, 1.54) is 5.82 Å². The Balaban J connectivity index is 1.52. The topological polar surface area (TPSA) is 50.1 Å². The summed E-state index contributed by atoms with van der Waals surface area (Å²) in [4.78, 5) is 17.9. The molecule has 1 saturated heterocycles. The van der Waals surface area contributed by atoms with Crippen molar-refractivity contribution < 1.29 is 0 Å². The Morgan fingerprint density at radius 3 is 2.64 bits per heavy atom. The van der Waals surface area contributed by atoms with E-state index in [0.29, 0.717) is 0 Å². The monoisotopic (exact) mass is 300 g/mol. The van der Waals surface area contributed by atoms with Crippen LogP contribution < -0.4 is 4.90 Å². The van der Waals surface area contributed by atoms with Gasteiger partial charge in [-0.25, -0.2) is 15.0 Å². The lowest BCUT2D eigenvalue weighted by atomic mass is 10.3. The lowest BCUT2D eigenvalue weighted by molar-refractivity contribution is 0.280. The first-order chi connectivity index (χ1) is 10.9. The van der Waals surface area contributed by atoms with Crippen LogP contribution in [-0.4, -0.2) is 57.1 Å². The van der Waals surface area contributed by atoms with Gasteiger partial charge in [-0.05, 0) is 19.0 Å². The van der Waals surface area contributed by atoms with E-state index in [2.05, 4.69) is 42.4 Å². The molecule has 0 bridgehead atoms. The van der Waals surface area contributed by atoms with Crippen LogP contribution in [0.1, 0.15) is 19.2 Å². The standard InChI is InChI=1S/C16H24N6/c1-2-15-17-7-10-21(15)13-11-20-8-4-9-22(14-12-20)16-18-5-3-6-19-16/h3,5-7,10H,2,4,8-9,11-14H2,1H3. The number of hydrogen-bond donors (Lipinski definition) is 0. The Kier molecular flexibility index (Phi) is 5.00. The number of hydrogen-bond acceptors (Lipinski definition) is 5. The molecule has 0 N–H and O–H groups in total. The Bertz CT molecular complexity index is 567. The normalized spacial score (nSPS) is 16.7. The summed E-state index contributed by atoms with van der Waals surface area (Å²) in [5.74, 6) is 2.03. The number of imidazole rings is 1. The molecule has 118 valence electrons. The molecule has 0 amide bonds. The first kappa shape index (κ1) is 15.0. The SMILES string of the molecule is CCc1nccn1CCN1CCCN(c2ncccn2)CC1. The van der Waals surface area contributed by atoms with Crippen molar-refractivity contribution in [2.24, 2.45) is 0 Å². The highest BCUT2D eigenvalue weighted by Crippen LogP contribution is 2.10. The van der Waals surface area contributed by atoms with Crippen molar-refractivity contribution in [3.63, 3.8) is 0 Å². The lowest BCUT2D eigenvalue weighted by Gasteiger charge is -2.22. The molecule has 1 aliphatic heterocycles. The van der Waals surface area contributed by atoms with Gasteiger partial charge in [-0.2, -0.15) is 0 Å². The molecule has 0 atom stereocenters. The van der Waals surface area contributed by atoms with Gasteiger partial charge in [0, 0.05) is 63.9 Å². The zero-order valence-electron chi connectivity index (χ0n) is 13.2. The van der Waals surface area contributed by atoms with Crippen molar-refractivity contribution in [3.8, 4) is 0 Å². The van der Waals surface area contributed by atoms with Crippen LogP contribution in [0.5, 0.6) is 0 Å². The van der Waals surface area contributed by atoms with Gasteiger partial charge in [-0.1, -0.05) is 6.92 Å². The van der Waals surface area contributed by atoms with Crippen molar-refractivity contribution in [1.82, 2.24) is 24.4 Å². The van der Waals surface area contributed by atoms with E-state index < -0.39 is 0 Å². The van der Waals surface area contributed by atoms with E-state index in [9.17, 15) is 0 Å². The molecule has 3 heterocycles. The third-order valence-corrected chi connectivity index (χ3v) is 4.20. The molecule has 6 heteroatoms. The number of anilines is 1. The van der Waals surface area contributed by atoms with Crippen LogP contribution >= 0.6 is 0 Å². The van der Waals surface area contributed by atoms with E-state index in [1.807, 2.05) is 24.7 Å². The maximum atomic E-state index is 4.39. The summed E-state index contributed by atoms with van der Waals surface area (Å²) in [6, 6.07) is 1.87. The van der Waals surface area contributed by atoms with Gasteiger partial charge in [0.05, 0.1) is 0 Å². The lowest BCUT2D eigenvalue weighted by Crippen LogP contribution is -2.33. The minimum absolute atomic E-state index is 0.854. The molecule has 22 heavy (non-hydrogen) atoms. The molecule has 0 spiro atoms. The summed E-state index contributed by atoms with van der Waals surface area (Å²) in [6.45, 7) is 8.48. The van der Waals surface area contributed by atoms with Crippen molar-refractivity contribution in [3.05, 3.63) is 36.7 Å². The first-order valence-electron chi connectivity index (χ1n) is 8.11. The maximum Gasteiger partial charge on any atom is 0.225 e. The van der Waals surface area contributed by atoms with Crippen molar-refractivity contribution >= 4 is 5.95 Å². The highest BCUT2D eigenvalue weighted by atomic mass is 15.3. The van der Waals surface area contributed by atoms with E-state index >= 15 is 0 Å². The molecule has 1 fully saturated rings. The van der Waals surface area contributed by atoms with Gasteiger partial charge < -0.3 is 9.47 Å². The summed E-state index contributed by atoms with van der Waals surface area (Å²) < 4.78 is 2.27. The summed E-state index contributed by atoms with van der Waals surface area (Å²) >= 11 is 0. The molecule has 2 aromatic rings. The predicted octanol–water partition coefficient (Wildman–Crippen LogP) is 1.45. The van der Waals surface area contributed by atoms with Gasteiger partial charge in [0.15, 0.2) is 0 Å². The van der Waals surface area contributed by atoms with Crippen LogP contribution in [-0.2, 0) is 13.0 Å². The van der Waals surface area contributed by atoms with Gasteiger partial charge in [0.2, 0.25) is 5.95 Å². The smallest absolute Gasteiger partial charge is 0.225 e. The molecule has 1 aliphatic rings. The molecule has 2 aromatic heterocycles. The number of rotatable bonds is 5. The maximum absolute atomic E-state index is 4.39. The van der Waals surface area contributed by atoms with E-state index in [1.54, 1.807) is 0 Å². The predicted molar refractivity (Wildman–Crippen MR) is 86.9 cm³/mol. The first-order valence-corrected chi connectivity index (χ1v) is 8.11. The summed E-state index contributed by atoms with van der Waals surface area (Å²) in [5.41, 5.74) is 0. The summed E-state index contributed by atoms with van der Waals surface area (Å²) in [6.07, 6.45) is 9.76. The van der Waals surface area contributed by atoms with Gasteiger partial charge in [0.25, 0.3) is 0 Å². The molecular formula is C16H24N6. The van der Waals surface area contributed by atoms with Gasteiger partial charge in [0.1, 0.15) is 5.82 Å². The molecule has 0 unspecified atom stereocenters. The highest BCUT2D eigenvalue weighted by molar-refractivity contribution is 5.28. The van der Waals surface area contributed by atoms with Crippen LogP contribution in [0.3, 0.4) is 0 Å². The Hall–Kier alpha value is -1.95. The molecule has 6 nitrogen and oxygen atoms in total. The third kappa shape index (κ3) is 3.62. The second-order valence-corrected chi connectivity index (χ2v) is 5.62. The van der Waals surface area contributed by atoms with Crippen molar-refractivity contribution in [2.45, 2.75) is 26.3 Å². The number of aromatic nitrogens is 4. The summed E-state index contributed by atoms with van der Waals surface area (Å²) in [7, 11) is 0. The molecule has 0 saturated carbocycles.